The summed E-state index contributed by atoms with van der Waals surface area (Å²) in [4.78, 5) is 66.4. The molecule has 4 atom stereocenters. The molecule has 4 rings (SSSR count). The van der Waals surface area contributed by atoms with Crippen LogP contribution >= 0.6 is 0 Å². The fourth-order valence-corrected chi connectivity index (χ4v) is 6.41. The number of rotatable bonds is 7. The van der Waals surface area contributed by atoms with Crippen LogP contribution in [0, 0.1) is 23.2 Å². The molecule has 4 aliphatic rings. The molecule has 0 aromatic rings. The number of likely N-dealkylation sites (tertiary alicyclic amines) is 1. The van der Waals surface area contributed by atoms with E-state index in [0.717, 1.165) is 39.2 Å². The standard InChI is InChI=1S/C27H41N3O7/c1-25(2,3)37-24(35)28-18(15-10-8-7-9-11-15)22(33)30-14-16-17(26(16,4)5)19(30)21(32)29-27(12-13-27)20(31)23(34)36-6/h15-19H,7-14H2,1-6H3,(H,28,35)(H,29,32). The molecule has 3 saturated carbocycles. The molecule has 1 aliphatic heterocycles. The highest BCUT2D eigenvalue weighted by Crippen LogP contribution is 2.65. The fraction of sp³-hybridized carbons (Fsp3) is 0.815. The number of fused-ring (bicyclic) bond motifs is 1. The predicted octanol–water partition coefficient (Wildman–Crippen LogP) is 2.33. The number of hydrogen-bond donors (Lipinski definition) is 2. The zero-order chi connectivity index (χ0) is 27.3. The van der Waals surface area contributed by atoms with Crippen molar-refractivity contribution in [3.05, 3.63) is 0 Å². The van der Waals surface area contributed by atoms with E-state index in [4.69, 9.17) is 4.74 Å². The molecule has 10 nitrogen and oxygen atoms in total. The van der Waals surface area contributed by atoms with Crippen molar-refractivity contribution in [1.82, 2.24) is 15.5 Å². The largest absolute Gasteiger partial charge is 0.463 e. The van der Waals surface area contributed by atoms with Gasteiger partial charge in [-0.2, -0.15) is 0 Å². The van der Waals surface area contributed by atoms with Crippen LogP contribution in [0.1, 0.15) is 79.6 Å². The number of hydrogen-bond acceptors (Lipinski definition) is 7. The molecule has 4 fully saturated rings. The number of alkyl carbamates (subject to hydrolysis) is 1. The summed E-state index contributed by atoms with van der Waals surface area (Å²) >= 11 is 0. The van der Waals surface area contributed by atoms with Crippen LogP contribution in [0.5, 0.6) is 0 Å². The van der Waals surface area contributed by atoms with Crippen molar-refractivity contribution in [3.8, 4) is 0 Å². The van der Waals surface area contributed by atoms with Gasteiger partial charge >= 0.3 is 12.1 Å². The van der Waals surface area contributed by atoms with Gasteiger partial charge in [-0.15, -0.1) is 0 Å². The average Bonchev–Trinajstić information content (AvgIpc) is 3.64. The molecular formula is C27H41N3O7. The van der Waals surface area contributed by atoms with E-state index in [-0.39, 0.29) is 29.1 Å². The van der Waals surface area contributed by atoms with Gasteiger partial charge in [0.1, 0.15) is 23.2 Å². The van der Waals surface area contributed by atoms with Crippen molar-refractivity contribution in [2.45, 2.75) is 103 Å². The topological polar surface area (TPSA) is 131 Å². The van der Waals surface area contributed by atoms with Gasteiger partial charge in [-0.25, -0.2) is 9.59 Å². The minimum atomic E-state index is -1.26. The number of Topliss-reactive ketones (excluding diaryl/α,β-unsaturated/α-hetero) is 1. The van der Waals surface area contributed by atoms with Crippen LogP contribution in [-0.2, 0) is 28.7 Å². The Kier molecular flexibility index (Phi) is 7.09. The molecule has 4 unspecified atom stereocenters. The lowest BCUT2D eigenvalue weighted by atomic mass is 9.83. The van der Waals surface area contributed by atoms with E-state index < -0.39 is 47.0 Å². The minimum absolute atomic E-state index is 0.0434. The van der Waals surface area contributed by atoms with E-state index in [0.29, 0.717) is 19.4 Å². The number of esters is 1. The van der Waals surface area contributed by atoms with Crippen LogP contribution in [-0.4, -0.2) is 71.4 Å². The van der Waals surface area contributed by atoms with Gasteiger partial charge in [-0.1, -0.05) is 33.1 Å². The molecule has 206 valence electrons. The second kappa shape index (κ2) is 9.58. The van der Waals surface area contributed by atoms with E-state index in [1.165, 1.54) is 0 Å². The summed E-state index contributed by atoms with van der Waals surface area (Å²) in [5.74, 6) is -2.43. The summed E-state index contributed by atoms with van der Waals surface area (Å²) in [5.41, 5.74) is -2.09. The molecule has 1 saturated heterocycles. The molecule has 10 heteroatoms. The summed E-state index contributed by atoms with van der Waals surface area (Å²) in [6.45, 7) is 9.87. The first kappa shape index (κ1) is 27.4. The van der Waals surface area contributed by atoms with Crippen LogP contribution in [0.4, 0.5) is 4.79 Å². The van der Waals surface area contributed by atoms with E-state index in [1.54, 1.807) is 25.7 Å². The first-order valence-corrected chi connectivity index (χ1v) is 13.5. The summed E-state index contributed by atoms with van der Waals surface area (Å²) in [6.07, 6.45) is 4.73. The van der Waals surface area contributed by atoms with Gasteiger partial charge in [0.15, 0.2) is 0 Å². The van der Waals surface area contributed by atoms with E-state index >= 15 is 0 Å². The Labute approximate surface area is 218 Å². The van der Waals surface area contributed by atoms with E-state index in [2.05, 4.69) is 29.2 Å². The number of ether oxygens (including phenoxy) is 2. The van der Waals surface area contributed by atoms with Gasteiger partial charge in [0.25, 0.3) is 5.78 Å². The SMILES string of the molecule is COC(=O)C(=O)C1(NC(=O)C2C3C(CN2C(=O)C(NC(=O)OC(C)(C)C)C2CCCCC2)C3(C)C)CC1. The van der Waals surface area contributed by atoms with Gasteiger partial charge in [0.2, 0.25) is 11.8 Å². The number of piperidine rings is 1. The Morgan fingerprint density at radius 1 is 1.00 bits per heavy atom. The normalized spacial score (nSPS) is 28.4. The highest BCUT2D eigenvalue weighted by Gasteiger charge is 2.70. The van der Waals surface area contributed by atoms with Gasteiger partial charge in [0, 0.05) is 6.54 Å². The van der Waals surface area contributed by atoms with E-state index in [1.807, 2.05) is 0 Å². The molecule has 37 heavy (non-hydrogen) atoms. The molecule has 1 heterocycles. The third-order valence-electron chi connectivity index (χ3n) is 8.74. The molecule has 3 amide bonds. The number of methoxy groups -OCH3 is 1. The number of ketones is 1. The number of amides is 3. The molecule has 0 aromatic heterocycles. The Morgan fingerprint density at radius 3 is 2.16 bits per heavy atom. The quantitative estimate of drug-likeness (QED) is 0.390. The smallest absolute Gasteiger partial charge is 0.408 e. The highest BCUT2D eigenvalue weighted by atomic mass is 16.6. The Balaban J connectivity index is 1.56. The van der Waals surface area contributed by atoms with Gasteiger partial charge in [0.05, 0.1) is 7.11 Å². The molecular weight excluding hydrogens is 478 g/mol. The van der Waals surface area contributed by atoms with Crippen molar-refractivity contribution in [2.24, 2.45) is 23.2 Å². The van der Waals surface area contributed by atoms with Gasteiger partial charge in [-0.3, -0.25) is 14.4 Å². The monoisotopic (exact) mass is 519 g/mol. The van der Waals surface area contributed by atoms with Crippen LogP contribution in [0.3, 0.4) is 0 Å². The average molecular weight is 520 g/mol. The molecule has 3 aliphatic carbocycles. The van der Waals surface area contributed by atoms with E-state index in [9.17, 15) is 24.0 Å². The maximum atomic E-state index is 14.0. The van der Waals surface area contributed by atoms with Crippen molar-refractivity contribution in [3.63, 3.8) is 0 Å². The number of nitrogens with one attached hydrogen (secondary N) is 2. The Morgan fingerprint density at radius 2 is 1.62 bits per heavy atom. The van der Waals surface area contributed by atoms with Crippen molar-refractivity contribution in [1.29, 1.82) is 0 Å². The minimum Gasteiger partial charge on any atom is -0.463 e. The third kappa shape index (κ3) is 5.34. The molecule has 0 aromatic carbocycles. The lowest BCUT2D eigenvalue weighted by molar-refractivity contribution is -0.154. The number of carbonyl (C=O) groups is 5. The second-order valence-electron chi connectivity index (χ2n) is 12.8. The summed E-state index contributed by atoms with van der Waals surface area (Å²) < 4.78 is 10.0. The lowest BCUT2D eigenvalue weighted by Crippen LogP contribution is -2.60. The Hall–Kier alpha value is -2.65. The zero-order valence-electron chi connectivity index (χ0n) is 22.8. The van der Waals surface area contributed by atoms with Gasteiger partial charge in [-0.05, 0) is 69.6 Å². The third-order valence-corrected chi connectivity index (χ3v) is 8.74. The predicted molar refractivity (Wildman–Crippen MR) is 133 cm³/mol. The highest BCUT2D eigenvalue weighted by molar-refractivity contribution is 6.38. The number of nitrogens with zero attached hydrogens (tertiary/aromatic N) is 1. The molecule has 0 bridgehead atoms. The summed E-state index contributed by atoms with van der Waals surface area (Å²) in [5, 5.41) is 5.63. The van der Waals surface area contributed by atoms with Crippen molar-refractivity contribution in [2.75, 3.05) is 13.7 Å². The maximum absolute atomic E-state index is 14.0. The zero-order valence-corrected chi connectivity index (χ0v) is 22.8. The van der Waals surface area contributed by atoms with Crippen LogP contribution in [0.15, 0.2) is 0 Å². The van der Waals surface area contributed by atoms with Crippen molar-refractivity contribution < 1.29 is 33.4 Å². The van der Waals surface area contributed by atoms with Crippen molar-refractivity contribution >= 4 is 29.7 Å². The lowest BCUT2D eigenvalue weighted by Gasteiger charge is -2.37. The van der Waals surface area contributed by atoms with Crippen LogP contribution in [0.2, 0.25) is 0 Å². The summed E-state index contributed by atoms with van der Waals surface area (Å²) in [6, 6.07) is -1.57. The first-order valence-electron chi connectivity index (χ1n) is 13.5. The maximum Gasteiger partial charge on any atom is 0.408 e. The molecule has 2 N–H and O–H groups in total. The number of carbonyl (C=O) groups excluding carboxylic acids is 5. The molecule has 0 spiro atoms. The Bertz CT molecular complexity index is 975. The fourth-order valence-electron chi connectivity index (χ4n) is 6.41. The second-order valence-corrected chi connectivity index (χ2v) is 12.8. The van der Waals surface area contributed by atoms with Crippen LogP contribution < -0.4 is 10.6 Å². The van der Waals surface area contributed by atoms with Gasteiger partial charge < -0.3 is 25.0 Å². The first-order chi connectivity index (χ1) is 17.2. The van der Waals surface area contributed by atoms with Crippen LogP contribution in [0.25, 0.3) is 0 Å². The summed E-state index contributed by atoms with van der Waals surface area (Å²) in [7, 11) is 1.13. The molecule has 0 radical (unpaired) electrons.